The van der Waals surface area contributed by atoms with Gasteiger partial charge in [0.1, 0.15) is 16.1 Å². The lowest BCUT2D eigenvalue weighted by Crippen LogP contribution is -2.43. The second-order valence-electron chi connectivity index (χ2n) is 18.0. The molecule has 0 spiro atoms. The first-order valence-corrected chi connectivity index (χ1v) is 23.7. The highest BCUT2D eigenvalue weighted by Crippen LogP contribution is 2.44. The summed E-state index contributed by atoms with van der Waals surface area (Å²) in [7, 11) is -4.00. The smallest absolute Gasteiger partial charge is 0.125 e. The summed E-state index contributed by atoms with van der Waals surface area (Å²) in [5.74, 6) is 8.02. The van der Waals surface area contributed by atoms with E-state index in [1.807, 2.05) is 0 Å². The summed E-state index contributed by atoms with van der Waals surface area (Å²) in [4.78, 5) is 0. The molecule has 50 heavy (non-hydrogen) atoms. The van der Waals surface area contributed by atoms with E-state index in [9.17, 15) is 0 Å². The summed E-state index contributed by atoms with van der Waals surface area (Å²) in [5, 5.41) is 10.0. The van der Waals surface area contributed by atoms with Gasteiger partial charge in [-0.1, -0.05) is 158 Å². The largest absolute Gasteiger partial charge is 0.146 e. The van der Waals surface area contributed by atoms with Crippen molar-refractivity contribution < 1.29 is 0 Å². The van der Waals surface area contributed by atoms with Crippen LogP contribution in [0.1, 0.15) is 121 Å². The number of hydrogen-bond donors (Lipinski definition) is 0. The molecule has 0 aromatic heterocycles. The van der Waals surface area contributed by atoms with Gasteiger partial charge in [0.25, 0.3) is 0 Å². The van der Waals surface area contributed by atoms with Crippen LogP contribution >= 0.6 is 0 Å². The van der Waals surface area contributed by atoms with Gasteiger partial charge in [0.15, 0.2) is 0 Å². The maximum atomic E-state index is 4.14. The first-order chi connectivity index (χ1) is 23.4. The fraction of sp³-hybridized carbons (Fsp3) is 0.458. The Bertz CT molecular complexity index is 2140. The van der Waals surface area contributed by atoms with Crippen LogP contribution in [-0.2, 0) is 5.41 Å². The van der Waals surface area contributed by atoms with Gasteiger partial charge in [-0.05, 0) is 112 Å². The summed E-state index contributed by atoms with van der Waals surface area (Å²) >= 11 is 0. The third-order valence-corrected chi connectivity index (χ3v) is 24.9. The number of benzene rings is 5. The topological polar surface area (TPSA) is 0 Å². The van der Waals surface area contributed by atoms with Crippen LogP contribution in [0.4, 0.5) is 0 Å². The molecule has 5 rings (SSSR count). The van der Waals surface area contributed by atoms with Crippen LogP contribution in [0.15, 0.2) is 66.7 Å². The van der Waals surface area contributed by atoms with E-state index < -0.39 is 16.1 Å². The summed E-state index contributed by atoms with van der Waals surface area (Å²) in [5.41, 5.74) is 15.4. The predicted molar refractivity (Wildman–Crippen MR) is 231 cm³/mol. The van der Waals surface area contributed by atoms with E-state index in [4.69, 9.17) is 0 Å². The van der Waals surface area contributed by atoms with Gasteiger partial charge in [-0.25, -0.2) is 0 Å². The second-order valence-corrected chi connectivity index (χ2v) is 29.2. The molecule has 0 N–H and O–H groups in total. The molecule has 0 atom stereocenters. The van der Waals surface area contributed by atoms with E-state index in [0.717, 1.165) is 0 Å². The van der Waals surface area contributed by atoms with Crippen LogP contribution < -0.4 is 0 Å². The minimum atomic E-state index is -2.00. The molecule has 0 bridgehead atoms. The van der Waals surface area contributed by atoms with Gasteiger partial charge in [0.2, 0.25) is 0 Å². The van der Waals surface area contributed by atoms with Crippen LogP contribution in [0.5, 0.6) is 0 Å². The molecule has 5 aromatic carbocycles. The molecule has 0 amide bonds. The summed E-state index contributed by atoms with van der Waals surface area (Å²) in [6, 6.07) is 25.6. The van der Waals surface area contributed by atoms with Crippen LogP contribution in [0.25, 0.3) is 43.1 Å². The Labute approximate surface area is 306 Å². The molecule has 0 aliphatic heterocycles. The van der Waals surface area contributed by atoms with Crippen LogP contribution in [0.3, 0.4) is 0 Å². The minimum Gasteiger partial charge on any atom is -0.125 e. The van der Waals surface area contributed by atoms with Crippen molar-refractivity contribution >= 4 is 59.2 Å². The lowest BCUT2D eigenvalue weighted by Gasteiger charge is -2.38. The molecular formula is C48H62Si2. The van der Waals surface area contributed by atoms with Gasteiger partial charge in [-0.2, -0.15) is 0 Å². The van der Waals surface area contributed by atoms with Crippen molar-refractivity contribution in [1.82, 2.24) is 0 Å². The molecule has 262 valence electrons. The summed E-state index contributed by atoms with van der Waals surface area (Å²) in [6.45, 7) is 35.9. The first kappa shape index (κ1) is 37.9. The highest BCUT2D eigenvalue weighted by molar-refractivity contribution is 6.91. The van der Waals surface area contributed by atoms with E-state index >= 15 is 0 Å². The van der Waals surface area contributed by atoms with Gasteiger partial charge in [0.05, 0.1) is 0 Å². The van der Waals surface area contributed by atoms with E-state index in [1.54, 1.807) is 0 Å². The standard InChI is InChI=1S/C48H62Si2/c1-31(2)49(32(3)4,33(5)6)24-22-42-44-27-37-18-16-17-19-38(37)28-45(44)43(23-25-50(34(7)8,35(9)10)36(11)12)47-30-40-26-41(48(13,14)15)21-20-39(40)29-46(42)47/h16-21,26-36H,1-15H3. The lowest BCUT2D eigenvalue weighted by molar-refractivity contribution is 0.591. The lowest BCUT2D eigenvalue weighted by atomic mass is 9.84. The zero-order valence-electron chi connectivity index (χ0n) is 33.8. The Kier molecular flexibility index (Phi) is 10.6. The highest BCUT2D eigenvalue weighted by Gasteiger charge is 2.43. The zero-order chi connectivity index (χ0) is 36.9. The first-order valence-electron chi connectivity index (χ1n) is 19.3. The molecule has 0 unspecified atom stereocenters. The molecule has 5 aromatic rings. The maximum absolute atomic E-state index is 4.14. The highest BCUT2D eigenvalue weighted by atomic mass is 28.3. The van der Waals surface area contributed by atoms with Gasteiger partial charge in [0, 0.05) is 11.1 Å². The van der Waals surface area contributed by atoms with E-state index in [1.165, 1.54) is 59.8 Å². The van der Waals surface area contributed by atoms with Crippen molar-refractivity contribution in [1.29, 1.82) is 0 Å². The molecule has 2 heteroatoms. The fourth-order valence-electron chi connectivity index (χ4n) is 9.60. The SMILES string of the molecule is CC(C)[Si](C#Cc1c2cc3ccccc3cc2c(C#C[Si](C(C)C)(C(C)C)C(C)C)c2cc3cc(C(C)(C)C)ccc3cc12)(C(C)C)C(C)C. The fourth-order valence-corrected chi connectivity index (χ4v) is 20.0. The van der Waals surface area contributed by atoms with E-state index in [-0.39, 0.29) is 5.41 Å². The van der Waals surface area contributed by atoms with Crippen molar-refractivity contribution in [2.45, 2.75) is 143 Å². The molecule has 0 saturated heterocycles. The number of hydrogen-bond acceptors (Lipinski definition) is 0. The van der Waals surface area contributed by atoms with Crippen LogP contribution in [0, 0.1) is 22.9 Å². The molecular weight excluding hydrogens is 633 g/mol. The number of fused-ring (bicyclic) bond motifs is 4. The van der Waals surface area contributed by atoms with Crippen LogP contribution in [0.2, 0.25) is 33.2 Å². The minimum absolute atomic E-state index is 0.0697. The molecule has 0 radical (unpaired) electrons. The normalized spacial score (nSPS) is 13.1. The molecule has 0 aliphatic carbocycles. The molecule has 0 heterocycles. The predicted octanol–water partition coefficient (Wildman–Crippen LogP) is 14.7. The average molecular weight is 695 g/mol. The van der Waals surface area contributed by atoms with Crippen molar-refractivity contribution in [3.63, 3.8) is 0 Å². The van der Waals surface area contributed by atoms with Crippen molar-refractivity contribution in [3.05, 3.63) is 83.4 Å². The number of rotatable bonds is 6. The molecule has 0 fully saturated rings. The Morgan fingerprint density at radius 2 is 0.740 bits per heavy atom. The Balaban J connectivity index is 2.06. The zero-order valence-corrected chi connectivity index (χ0v) is 35.8. The maximum Gasteiger partial charge on any atom is 0.146 e. The van der Waals surface area contributed by atoms with Gasteiger partial charge >= 0.3 is 0 Å². The van der Waals surface area contributed by atoms with Gasteiger partial charge < -0.3 is 0 Å². The third kappa shape index (κ3) is 6.49. The molecule has 0 aliphatic rings. The monoisotopic (exact) mass is 694 g/mol. The summed E-state index contributed by atoms with van der Waals surface area (Å²) < 4.78 is 0. The molecule has 0 saturated carbocycles. The van der Waals surface area contributed by atoms with Gasteiger partial charge in [-0.3, -0.25) is 0 Å². The molecule has 0 nitrogen and oxygen atoms in total. The summed E-state index contributed by atoms with van der Waals surface area (Å²) in [6.07, 6.45) is 0. The Morgan fingerprint density at radius 3 is 1.06 bits per heavy atom. The van der Waals surface area contributed by atoms with Crippen molar-refractivity contribution in [2.24, 2.45) is 0 Å². The second kappa shape index (κ2) is 14.0. The third-order valence-electron chi connectivity index (χ3n) is 12.3. The Morgan fingerprint density at radius 1 is 0.420 bits per heavy atom. The van der Waals surface area contributed by atoms with Gasteiger partial charge in [-0.15, -0.1) is 11.1 Å². The van der Waals surface area contributed by atoms with Crippen molar-refractivity contribution in [2.75, 3.05) is 0 Å². The van der Waals surface area contributed by atoms with E-state index in [0.29, 0.717) is 33.2 Å². The van der Waals surface area contributed by atoms with E-state index in [2.05, 4.69) is 194 Å². The quantitative estimate of drug-likeness (QED) is 0.0943. The van der Waals surface area contributed by atoms with Crippen LogP contribution in [-0.4, -0.2) is 16.1 Å². The van der Waals surface area contributed by atoms with Crippen molar-refractivity contribution in [3.8, 4) is 22.9 Å². The average Bonchev–Trinajstić information content (AvgIpc) is 3.02. The Hall–Kier alpha value is -3.31.